The lowest BCUT2D eigenvalue weighted by Crippen LogP contribution is -2.38. The molecule has 3 aromatic rings. The van der Waals surface area contributed by atoms with Crippen LogP contribution in [-0.2, 0) is 16.1 Å². The molecule has 1 aromatic heterocycles. The number of ether oxygens (including phenoxy) is 1. The standard InChI is InChI=1S/C24H28N4O2S/c1-31-20-6-4-5-19(16-20)28-17-18(15-23(28)29)24-25-21-7-2-3-8-22(21)27(24)10-9-26-11-13-30-14-12-26/h2-8,16,18H,9-15,17H2,1H3. The van der Waals surface area contributed by atoms with Crippen LogP contribution in [0.4, 0.5) is 5.69 Å². The summed E-state index contributed by atoms with van der Waals surface area (Å²) < 4.78 is 7.83. The number of anilines is 1. The maximum atomic E-state index is 12.9. The van der Waals surface area contributed by atoms with Crippen LogP contribution in [0.25, 0.3) is 11.0 Å². The Balaban J connectivity index is 1.42. The first-order chi connectivity index (χ1) is 15.2. The number of rotatable bonds is 6. The third-order valence-corrected chi connectivity index (χ3v) is 7.01. The third kappa shape index (κ3) is 4.22. The van der Waals surface area contributed by atoms with Crippen LogP contribution in [0.5, 0.6) is 0 Å². The zero-order chi connectivity index (χ0) is 21.2. The molecule has 31 heavy (non-hydrogen) atoms. The maximum Gasteiger partial charge on any atom is 0.227 e. The largest absolute Gasteiger partial charge is 0.379 e. The monoisotopic (exact) mass is 436 g/mol. The second-order valence-corrected chi connectivity index (χ2v) is 9.05. The predicted octanol–water partition coefficient (Wildman–Crippen LogP) is 3.61. The molecule has 2 aromatic carbocycles. The molecule has 2 fully saturated rings. The van der Waals surface area contributed by atoms with Gasteiger partial charge in [0.1, 0.15) is 5.82 Å². The van der Waals surface area contributed by atoms with Gasteiger partial charge in [0.2, 0.25) is 5.91 Å². The number of fused-ring (bicyclic) bond motifs is 1. The van der Waals surface area contributed by atoms with Crippen LogP contribution in [-0.4, -0.2) is 66.0 Å². The molecule has 5 rings (SSSR count). The SMILES string of the molecule is CSc1cccc(N2CC(c3nc4ccccc4n3CCN3CCOCC3)CC2=O)c1. The molecule has 0 saturated carbocycles. The van der Waals surface area contributed by atoms with Crippen LogP contribution in [0.15, 0.2) is 53.4 Å². The summed E-state index contributed by atoms with van der Waals surface area (Å²) in [6, 6.07) is 16.6. The first-order valence-corrected chi connectivity index (χ1v) is 12.1. The van der Waals surface area contributed by atoms with Gasteiger partial charge >= 0.3 is 0 Å². The van der Waals surface area contributed by atoms with E-state index in [1.807, 2.05) is 23.1 Å². The summed E-state index contributed by atoms with van der Waals surface area (Å²) in [4.78, 5) is 23.5. The van der Waals surface area contributed by atoms with Crippen molar-refractivity contribution in [3.63, 3.8) is 0 Å². The average molecular weight is 437 g/mol. The fourth-order valence-corrected chi connectivity index (χ4v) is 5.07. The normalized spacial score (nSPS) is 20.1. The van der Waals surface area contributed by atoms with Crippen molar-refractivity contribution < 1.29 is 9.53 Å². The first-order valence-electron chi connectivity index (χ1n) is 10.9. The van der Waals surface area contributed by atoms with Crippen molar-refractivity contribution in [1.29, 1.82) is 0 Å². The molecule has 1 atom stereocenters. The van der Waals surface area contributed by atoms with Crippen LogP contribution < -0.4 is 4.90 Å². The number of morpholine rings is 1. The maximum absolute atomic E-state index is 12.9. The third-order valence-electron chi connectivity index (χ3n) is 6.28. The quantitative estimate of drug-likeness (QED) is 0.553. The van der Waals surface area contributed by atoms with Gasteiger partial charge < -0.3 is 14.2 Å². The van der Waals surface area contributed by atoms with Crippen molar-refractivity contribution in [2.24, 2.45) is 0 Å². The Morgan fingerprint density at radius 2 is 1.94 bits per heavy atom. The van der Waals surface area contributed by atoms with Crippen LogP contribution >= 0.6 is 11.8 Å². The molecule has 0 N–H and O–H groups in total. The Morgan fingerprint density at radius 3 is 2.77 bits per heavy atom. The highest BCUT2D eigenvalue weighted by molar-refractivity contribution is 7.98. The van der Waals surface area contributed by atoms with E-state index in [-0.39, 0.29) is 11.8 Å². The summed E-state index contributed by atoms with van der Waals surface area (Å²) in [6.07, 6.45) is 2.56. The number of imidazole rings is 1. The molecule has 3 heterocycles. The Kier molecular flexibility index (Phi) is 5.98. The molecule has 162 valence electrons. The summed E-state index contributed by atoms with van der Waals surface area (Å²) in [5, 5.41) is 0. The summed E-state index contributed by atoms with van der Waals surface area (Å²) in [5.41, 5.74) is 3.14. The van der Waals surface area contributed by atoms with Gasteiger partial charge in [-0.25, -0.2) is 4.98 Å². The number of hydrogen-bond donors (Lipinski definition) is 0. The van der Waals surface area contributed by atoms with Crippen molar-refractivity contribution in [1.82, 2.24) is 14.5 Å². The molecule has 7 heteroatoms. The van der Waals surface area contributed by atoms with E-state index in [1.54, 1.807) is 11.8 Å². The van der Waals surface area contributed by atoms with Gasteiger partial charge in [-0.05, 0) is 36.6 Å². The number of nitrogens with zero attached hydrogens (tertiary/aromatic N) is 4. The number of benzene rings is 2. The molecule has 1 amide bonds. The van der Waals surface area contributed by atoms with Gasteiger partial charge in [0.15, 0.2) is 0 Å². The van der Waals surface area contributed by atoms with Crippen LogP contribution in [0.3, 0.4) is 0 Å². The average Bonchev–Trinajstić information content (AvgIpc) is 3.39. The van der Waals surface area contributed by atoms with Crippen molar-refractivity contribution in [2.45, 2.75) is 23.8 Å². The van der Waals surface area contributed by atoms with Gasteiger partial charge in [-0.15, -0.1) is 11.8 Å². The predicted molar refractivity (Wildman–Crippen MR) is 125 cm³/mol. The van der Waals surface area contributed by atoms with Crippen molar-refractivity contribution in [3.05, 3.63) is 54.4 Å². The highest BCUT2D eigenvalue weighted by Gasteiger charge is 2.35. The second kappa shape index (κ2) is 9.02. The minimum absolute atomic E-state index is 0.0996. The fraction of sp³-hybridized carbons (Fsp3) is 0.417. The molecule has 0 radical (unpaired) electrons. The van der Waals surface area contributed by atoms with Crippen LogP contribution in [0.1, 0.15) is 18.2 Å². The zero-order valence-corrected chi connectivity index (χ0v) is 18.7. The molecule has 2 aliphatic rings. The van der Waals surface area contributed by atoms with Crippen molar-refractivity contribution in [3.8, 4) is 0 Å². The van der Waals surface area contributed by atoms with E-state index in [2.05, 4.69) is 46.1 Å². The molecular formula is C24H28N4O2S. The van der Waals surface area contributed by atoms with E-state index in [0.29, 0.717) is 13.0 Å². The second-order valence-electron chi connectivity index (χ2n) is 8.17. The lowest BCUT2D eigenvalue weighted by Gasteiger charge is -2.27. The van der Waals surface area contributed by atoms with Gasteiger partial charge in [0.25, 0.3) is 0 Å². The van der Waals surface area contributed by atoms with Gasteiger partial charge in [-0.3, -0.25) is 9.69 Å². The summed E-state index contributed by atoms with van der Waals surface area (Å²) in [5.74, 6) is 1.31. The molecule has 0 aliphatic carbocycles. The van der Waals surface area contributed by atoms with Gasteiger partial charge in [0.05, 0.1) is 24.2 Å². The minimum Gasteiger partial charge on any atom is -0.379 e. The first kappa shape index (κ1) is 20.5. The Labute approximate surface area is 187 Å². The van der Waals surface area contributed by atoms with E-state index in [9.17, 15) is 4.79 Å². The molecule has 2 saturated heterocycles. The van der Waals surface area contributed by atoms with E-state index in [1.165, 1.54) is 4.90 Å². The van der Waals surface area contributed by atoms with Crippen molar-refractivity contribution >= 4 is 34.4 Å². The van der Waals surface area contributed by atoms with Crippen molar-refractivity contribution in [2.75, 3.05) is 50.5 Å². The number of carbonyl (C=O) groups excluding carboxylic acids is 1. The smallest absolute Gasteiger partial charge is 0.227 e. The topological polar surface area (TPSA) is 50.6 Å². The van der Waals surface area contributed by atoms with Crippen LogP contribution in [0.2, 0.25) is 0 Å². The summed E-state index contributed by atoms with van der Waals surface area (Å²) in [6.45, 7) is 6.08. The highest BCUT2D eigenvalue weighted by Crippen LogP contribution is 2.34. The summed E-state index contributed by atoms with van der Waals surface area (Å²) >= 11 is 1.70. The Hall–Kier alpha value is -2.35. The van der Waals surface area contributed by atoms with E-state index < -0.39 is 0 Å². The fourth-order valence-electron chi connectivity index (χ4n) is 4.62. The number of thioether (sulfide) groups is 1. The number of para-hydroxylation sites is 2. The zero-order valence-electron chi connectivity index (χ0n) is 17.9. The highest BCUT2D eigenvalue weighted by atomic mass is 32.2. The van der Waals surface area contributed by atoms with Crippen LogP contribution in [0, 0.1) is 0 Å². The van der Waals surface area contributed by atoms with Gasteiger partial charge in [-0.2, -0.15) is 0 Å². The van der Waals surface area contributed by atoms with E-state index in [0.717, 1.165) is 61.9 Å². The number of carbonyl (C=O) groups is 1. The molecule has 0 spiro atoms. The Bertz CT molecular complexity index is 1080. The molecule has 2 aliphatic heterocycles. The molecule has 1 unspecified atom stereocenters. The molecular weight excluding hydrogens is 408 g/mol. The molecule has 0 bridgehead atoms. The van der Waals surface area contributed by atoms with E-state index >= 15 is 0 Å². The number of aromatic nitrogens is 2. The lowest BCUT2D eigenvalue weighted by molar-refractivity contribution is -0.117. The Morgan fingerprint density at radius 1 is 1.10 bits per heavy atom. The van der Waals surface area contributed by atoms with Gasteiger partial charge in [-0.1, -0.05) is 18.2 Å². The molecule has 6 nitrogen and oxygen atoms in total. The minimum atomic E-state index is 0.0996. The summed E-state index contributed by atoms with van der Waals surface area (Å²) in [7, 11) is 0. The van der Waals surface area contributed by atoms with E-state index in [4.69, 9.17) is 9.72 Å². The number of hydrogen-bond acceptors (Lipinski definition) is 5. The lowest BCUT2D eigenvalue weighted by atomic mass is 10.1. The number of amides is 1. The van der Waals surface area contributed by atoms with Gasteiger partial charge in [0, 0.05) is 55.6 Å².